The molecule has 33 valence electrons. The van der Waals surface area contributed by atoms with E-state index >= 15 is 0 Å². The van der Waals surface area contributed by atoms with E-state index in [2.05, 4.69) is 7.03 Å². The van der Waals surface area contributed by atoms with Crippen molar-refractivity contribution in [2.75, 3.05) is 0 Å². The Morgan fingerprint density at radius 1 is 1.20 bits per heavy atom. The zero-order chi connectivity index (χ0) is 4.12. The Morgan fingerprint density at radius 2 is 1.60 bits per heavy atom. The first kappa shape index (κ1) is 5.69. The third-order valence-electron chi connectivity index (χ3n) is 0.0504. The van der Waals surface area contributed by atoms with Gasteiger partial charge in [0.05, 0.1) is 0 Å². The molecule has 5 heteroatoms. The Morgan fingerprint density at radius 3 is 1.60 bits per heavy atom. The molecular formula is Cl2CoN2. The molecule has 0 atom stereocenters. The van der Waals surface area contributed by atoms with Crippen LogP contribution >= 0.6 is 23.6 Å². The van der Waals surface area contributed by atoms with Crippen molar-refractivity contribution < 1.29 is 14.3 Å². The normalized spacial score (nSPS) is 6.80. The quantitative estimate of drug-likeness (QED) is 0.512. The molecule has 2 nitrogen and oxygen atoms in total. The van der Waals surface area contributed by atoms with Crippen LogP contribution in [0.2, 0.25) is 0 Å². The topological polar surface area (TPSA) is 24.7 Å². The first-order valence-electron chi connectivity index (χ1n) is 0.636. The van der Waals surface area contributed by atoms with E-state index < -0.39 is 0 Å². The van der Waals surface area contributed by atoms with Crippen molar-refractivity contribution in [3.8, 4) is 0 Å². The molecule has 0 heterocycles. The SMILES string of the molecule is Cl[N]=[Co]=[N]Cl. The minimum atomic E-state index is 0.385. The van der Waals surface area contributed by atoms with E-state index in [0.717, 1.165) is 0 Å². The monoisotopic (exact) mass is 157 g/mol. The summed E-state index contributed by atoms with van der Waals surface area (Å²) in [5.74, 6) is 0. The molecule has 0 unspecified atom stereocenters. The van der Waals surface area contributed by atoms with Crippen LogP contribution in [0.25, 0.3) is 0 Å². The van der Waals surface area contributed by atoms with Gasteiger partial charge in [-0.3, -0.25) is 0 Å². The molecule has 0 radical (unpaired) electrons. The summed E-state index contributed by atoms with van der Waals surface area (Å²) < 4.78 is 5.99. The van der Waals surface area contributed by atoms with Gasteiger partial charge in [0, 0.05) is 0 Å². The second kappa shape index (κ2) is 4.69. The van der Waals surface area contributed by atoms with Gasteiger partial charge in [0.2, 0.25) is 0 Å². The summed E-state index contributed by atoms with van der Waals surface area (Å²) in [5.41, 5.74) is 0. The summed E-state index contributed by atoms with van der Waals surface area (Å²) >= 11 is 9.85. The molecular weight excluding hydrogens is 158 g/mol. The standard InChI is InChI=1S/2ClN.Co/c2*1-2;. The number of hydrogen-bond donors (Lipinski definition) is 0. The average Bonchev–Trinajstić information content (AvgIpc) is 1.41. The molecule has 0 aliphatic rings. The van der Waals surface area contributed by atoms with Crippen LogP contribution in [0, 0.1) is 0 Å². The van der Waals surface area contributed by atoms with Gasteiger partial charge in [0.15, 0.2) is 0 Å². The summed E-state index contributed by atoms with van der Waals surface area (Å²) in [7, 11) is 0. The Kier molecular flexibility index (Phi) is 5.33. The summed E-state index contributed by atoms with van der Waals surface area (Å²) in [6, 6.07) is 0. The van der Waals surface area contributed by atoms with Crippen LogP contribution < -0.4 is 0 Å². The van der Waals surface area contributed by atoms with Crippen LogP contribution in [0.15, 0.2) is 7.03 Å². The predicted octanol–water partition coefficient (Wildman–Crippen LogP) is 1.74. The molecule has 0 fully saturated rings. The molecule has 0 aromatic carbocycles. The molecule has 0 aromatic heterocycles. The van der Waals surface area contributed by atoms with Crippen molar-refractivity contribution in [3.05, 3.63) is 0 Å². The molecule has 0 rings (SSSR count). The third-order valence-corrected chi connectivity index (χ3v) is 0.623. The van der Waals surface area contributed by atoms with E-state index in [1.165, 1.54) is 0 Å². The van der Waals surface area contributed by atoms with Gasteiger partial charge in [-0.1, -0.05) is 0 Å². The van der Waals surface area contributed by atoms with Crippen molar-refractivity contribution in [2.24, 2.45) is 7.03 Å². The molecule has 0 aliphatic carbocycles. The molecule has 0 aliphatic heterocycles. The average molecular weight is 158 g/mol. The van der Waals surface area contributed by atoms with E-state index in [1.54, 1.807) is 0 Å². The van der Waals surface area contributed by atoms with E-state index in [-0.39, 0.29) is 0 Å². The van der Waals surface area contributed by atoms with Crippen LogP contribution in [-0.2, 0) is 14.3 Å². The molecule has 5 heavy (non-hydrogen) atoms. The van der Waals surface area contributed by atoms with Gasteiger partial charge in [-0.25, -0.2) is 0 Å². The molecule has 0 saturated heterocycles. The van der Waals surface area contributed by atoms with Gasteiger partial charge in [-0.05, 0) is 0 Å². The van der Waals surface area contributed by atoms with Crippen LogP contribution in [-0.4, -0.2) is 0 Å². The molecule has 0 amide bonds. The first-order chi connectivity index (χ1) is 2.41. The number of rotatable bonds is 0. The Hall–Kier alpha value is 0.686. The Balaban J connectivity index is 3.26. The maximum atomic E-state index is 4.73. The van der Waals surface area contributed by atoms with Gasteiger partial charge in [-0.2, -0.15) is 0 Å². The Labute approximate surface area is 45.3 Å². The zero-order valence-corrected chi connectivity index (χ0v) is 4.54. The van der Waals surface area contributed by atoms with Gasteiger partial charge in [0.1, 0.15) is 0 Å². The number of hydrogen-bond acceptors (Lipinski definition) is 2. The third kappa shape index (κ3) is 4.69. The van der Waals surface area contributed by atoms with E-state index in [0.29, 0.717) is 14.3 Å². The van der Waals surface area contributed by atoms with E-state index in [1.807, 2.05) is 0 Å². The Bertz CT molecular complexity index is 56.0. The first-order valence-corrected chi connectivity index (χ1v) is 2.24. The van der Waals surface area contributed by atoms with Crippen molar-refractivity contribution in [1.82, 2.24) is 0 Å². The fraction of sp³-hybridized carbons (Fsp3) is 0. The van der Waals surface area contributed by atoms with Gasteiger partial charge in [-0.15, -0.1) is 0 Å². The van der Waals surface area contributed by atoms with E-state index in [9.17, 15) is 0 Å². The van der Waals surface area contributed by atoms with Gasteiger partial charge >= 0.3 is 44.9 Å². The number of halogens is 2. The van der Waals surface area contributed by atoms with Crippen molar-refractivity contribution in [3.63, 3.8) is 0 Å². The molecule has 0 N–H and O–H groups in total. The predicted molar refractivity (Wildman–Crippen MR) is 16.6 cm³/mol. The van der Waals surface area contributed by atoms with E-state index in [4.69, 9.17) is 23.6 Å². The van der Waals surface area contributed by atoms with Crippen molar-refractivity contribution >= 4 is 23.6 Å². The minimum absolute atomic E-state index is 0.385. The number of nitrogens with zero attached hydrogens (tertiary/aromatic N) is 2. The molecule has 0 bridgehead atoms. The van der Waals surface area contributed by atoms with Crippen LogP contribution in [0.1, 0.15) is 0 Å². The van der Waals surface area contributed by atoms with Gasteiger partial charge < -0.3 is 0 Å². The van der Waals surface area contributed by atoms with Crippen LogP contribution in [0.4, 0.5) is 0 Å². The fourth-order valence-electron chi connectivity index (χ4n) is 0.00952. The summed E-state index contributed by atoms with van der Waals surface area (Å²) in [6.45, 7) is 0. The second-order valence-corrected chi connectivity index (χ2v) is 1.67. The van der Waals surface area contributed by atoms with Crippen molar-refractivity contribution in [1.29, 1.82) is 0 Å². The van der Waals surface area contributed by atoms with Crippen LogP contribution in [0.3, 0.4) is 0 Å². The summed E-state index contributed by atoms with van der Waals surface area (Å²) in [6.07, 6.45) is 0. The second-order valence-electron chi connectivity index (χ2n) is 0.179. The molecule has 0 saturated carbocycles. The summed E-state index contributed by atoms with van der Waals surface area (Å²) in [5, 5.41) is 0. The summed E-state index contributed by atoms with van der Waals surface area (Å²) in [4.78, 5) is 0. The molecule has 0 spiro atoms. The van der Waals surface area contributed by atoms with Crippen molar-refractivity contribution in [2.45, 2.75) is 0 Å². The zero-order valence-electron chi connectivity index (χ0n) is 1.98. The van der Waals surface area contributed by atoms with Crippen LogP contribution in [0.5, 0.6) is 0 Å². The molecule has 0 aromatic rings. The fourth-order valence-corrected chi connectivity index (χ4v) is 0.353. The maximum absolute atomic E-state index is 4.73. The van der Waals surface area contributed by atoms with Gasteiger partial charge in [0.25, 0.3) is 0 Å².